The molecule has 2 aromatic carbocycles. The predicted molar refractivity (Wildman–Crippen MR) is 141 cm³/mol. The molecule has 9 nitrogen and oxygen atoms in total. The molecule has 0 aromatic heterocycles. The zero-order valence-corrected chi connectivity index (χ0v) is 22.7. The predicted octanol–water partition coefficient (Wildman–Crippen LogP) is 3.11. The van der Waals surface area contributed by atoms with Gasteiger partial charge >= 0.3 is 0 Å². The first-order valence-corrected chi connectivity index (χ1v) is 13.7. The molecular formula is C26H37N3O6S. The minimum atomic E-state index is -3.84. The van der Waals surface area contributed by atoms with Gasteiger partial charge in [-0.2, -0.15) is 0 Å². The molecule has 0 spiro atoms. The summed E-state index contributed by atoms with van der Waals surface area (Å²) in [7, 11) is -0.923. The molecule has 36 heavy (non-hydrogen) atoms. The van der Waals surface area contributed by atoms with Crippen molar-refractivity contribution < 1.29 is 27.5 Å². The molecule has 0 bridgehead atoms. The van der Waals surface area contributed by atoms with Crippen molar-refractivity contribution in [2.45, 2.75) is 46.2 Å². The van der Waals surface area contributed by atoms with E-state index in [1.54, 1.807) is 19.1 Å². The molecule has 0 aliphatic heterocycles. The summed E-state index contributed by atoms with van der Waals surface area (Å²) in [5.74, 6) is -0.0365. The van der Waals surface area contributed by atoms with Crippen molar-refractivity contribution in [3.05, 3.63) is 53.6 Å². The van der Waals surface area contributed by atoms with Crippen molar-refractivity contribution >= 4 is 27.5 Å². The van der Waals surface area contributed by atoms with E-state index in [1.165, 1.54) is 25.2 Å². The quantitative estimate of drug-likeness (QED) is 0.408. The fraction of sp³-hybridized carbons (Fsp3) is 0.462. The number of anilines is 1. The average Bonchev–Trinajstić information content (AvgIpc) is 2.85. The fourth-order valence-corrected chi connectivity index (χ4v) is 4.44. The van der Waals surface area contributed by atoms with Gasteiger partial charge in [-0.1, -0.05) is 43.2 Å². The number of sulfonamides is 1. The summed E-state index contributed by atoms with van der Waals surface area (Å²) in [4.78, 5) is 27.8. The Morgan fingerprint density at radius 2 is 1.67 bits per heavy atom. The molecule has 0 fully saturated rings. The summed E-state index contributed by atoms with van der Waals surface area (Å²) >= 11 is 0. The van der Waals surface area contributed by atoms with E-state index in [1.807, 2.05) is 38.1 Å². The largest absolute Gasteiger partial charge is 0.493 e. The van der Waals surface area contributed by atoms with Gasteiger partial charge in [0, 0.05) is 19.2 Å². The van der Waals surface area contributed by atoms with E-state index in [0.717, 1.165) is 34.5 Å². The van der Waals surface area contributed by atoms with E-state index in [0.29, 0.717) is 18.0 Å². The zero-order valence-electron chi connectivity index (χ0n) is 21.9. The van der Waals surface area contributed by atoms with Crippen LogP contribution in [0.4, 0.5) is 5.69 Å². The van der Waals surface area contributed by atoms with Crippen LogP contribution in [0.1, 0.15) is 37.8 Å². The van der Waals surface area contributed by atoms with Gasteiger partial charge in [-0.15, -0.1) is 0 Å². The van der Waals surface area contributed by atoms with Crippen LogP contribution in [-0.4, -0.2) is 64.7 Å². The van der Waals surface area contributed by atoms with Gasteiger partial charge in [0.25, 0.3) is 0 Å². The maximum atomic E-state index is 13.6. The molecule has 0 saturated carbocycles. The Bertz CT molecular complexity index is 1130. The van der Waals surface area contributed by atoms with Gasteiger partial charge in [0.1, 0.15) is 12.6 Å². The van der Waals surface area contributed by atoms with Gasteiger partial charge in [0.2, 0.25) is 21.8 Å². The standard InChI is InChI=1S/C26H37N3O6S/c1-7-8-15-27-26(31)20(3)28(17-21-11-9-19(2)10-12-21)25(30)18-29(36(6,32)33)22-13-14-23(34-4)24(16-22)35-5/h9-14,16,20H,7-8,15,17-18H2,1-6H3,(H,27,31)/t20-/m0/s1. The van der Waals surface area contributed by atoms with Crippen LogP contribution in [0.2, 0.25) is 0 Å². The third kappa shape index (κ3) is 7.87. The second-order valence-corrected chi connectivity index (χ2v) is 10.5. The Kier molecular flexibility index (Phi) is 10.6. The first kappa shape index (κ1) is 29.0. The Labute approximate surface area is 214 Å². The van der Waals surface area contributed by atoms with E-state index in [-0.39, 0.29) is 18.1 Å². The molecule has 1 N–H and O–H groups in total. The van der Waals surface area contributed by atoms with Crippen LogP contribution in [0, 0.1) is 6.92 Å². The molecule has 198 valence electrons. The molecule has 2 rings (SSSR count). The molecule has 0 heterocycles. The first-order chi connectivity index (χ1) is 17.0. The Hall–Kier alpha value is -3.27. The number of carbonyl (C=O) groups excluding carboxylic acids is 2. The Balaban J connectivity index is 2.39. The summed E-state index contributed by atoms with van der Waals surface area (Å²) in [6, 6.07) is 11.4. The highest BCUT2D eigenvalue weighted by Crippen LogP contribution is 2.32. The lowest BCUT2D eigenvalue weighted by Crippen LogP contribution is -2.51. The fourth-order valence-electron chi connectivity index (χ4n) is 3.60. The normalized spacial score (nSPS) is 11.9. The van der Waals surface area contributed by atoms with Crippen molar-refractivity contribution in [3.8, 4) is 11.5 Å². The highest BCUT2D eigenvalue weighted by atomic mass is 32.2. The summed E-state index contributed by atoms with van der Waals surface area (Å²) in [6.07, 6.45) is 2.78. The highest BCUT2D eigenvalue weighted by Gasteiger charge is 2.30. The number of ether oxygens (including phenoxy) is 2. The van der Waals surface area contributed by atoms with Gasteiger partial charge in [0.15, 0.2) is 11.5 Å². The molecule has 0 unspecified atom stereocenters. The minimum Gasteiger partial charge on any atom is -0.493 e. The van der Waals surface area contributed by atoms with E-state index in [9.17, 15) is 18.0 Å². The lowest BCUT2D eigenvalue weighted by Gasteiger charge is -2.31. The maximum Gasteiger partial charge on any atom is 0.244 e. The van der Waals surface area contributed by atoms with Gasteiger partial charge < -0.3 is 19.7 Å². The number of nitrogens with zero attached hydrogens (tertiary/aromatic N) is 2. The number of unbranched alkanes of at least 4 members (excludes halogenated alkanes) is 1. The molecule has 0 saturated heterocycles. The van der Waals surface area contributed by atoms with Crippen LogP contribution in [-0.2, 0) is 26.2 Å². The first-order valence-electron chi connectivity index (χ1n) is 11.8. The van der Waals surface area contributed by atoms with E-state index < -0.39 is 28.5 Å². The number of hydrogen-bond donors (Lipinski definition) is 1. The third-order valence-corrected chi connectivity index (χ3v) is 6.95. The number of methoxy groups -OCH3 is 2. The second-order valence-electron chi connectivity index (χ2n) is 8.64. The van der Waals surface area contributed by atoms with Crippen molar-refractivity contribution in [2.75, 3.05) is 37.9 Å². The second kappa shape index (κ2) is 13.2. The molecule has 0 aliphatic carbocycles. The number of benzene rings is 2. The van der Waals surface area contributed by atoms with Crippen LogP contribution in [0.15, 0.2) is 42.5 Å². The van der Waals surface area contributed by atoms with Crippen molar-refractivity contribution in [2.24, 2.45) is 0 Å². The lowest BCUT2D eigenvalue weighted by atomic mass is 10.1. The van der Waals surface area contributed by atoms with Crippen LogP contribution < -0.4 is 19.1 Å². The number of carbonyl (C=O) groups is 2. The molecule has 10 heteroatoms. The smallest absolute Gasteiger partial charge is 0.244 e. The van der Waals surface area contributed by atoms with Crippen molar-refractivity contribution in [1.82, 2.24) is 10.2 Å². The summed E-state index contributed by atoms with van der Waals surface area (Å²) in [6.45, 7) is 5.82. The number of nitrogens with one attached hydrogen (secondary N) is 1. The monoisotopic (exact) mass is 519 g/mol. The highest BCUT2D eigenvalue weighted by molar-refractivity contribution is 7.92. The van der Waals surface area contributed by atoms with Crippen LogP contribution >= 0.6 is 0 Å². The van der Waals surface area contributed by atoms with Gasteiger partial charge in [-0.05, 0) is 38.0 Å². The van der Waals surface area contributed by atoms with Crippen molar-refractivity contribution in [3.63, 3.8) is 0 Å². The van der Waals surface area contributed by atoms with Crippen LogP contribution in [0.5, 0.6) is 11.5 Å². The van der Waals surface area contributed by atoms with Gasteiger partial charge in [-0.3, -0.25) is 13.9 Å². The lowest BCUT2D eigenvalue weighted by molar-refractivity contribution is -0.139. The molecule has 2 aromatic rings. The summed E-state index contributed by atoms with van der Waals surface area (Å²) < 4.78 is 37.0. The third-order valence-electron chi connectivity index (χ3n) is 5.80. The molecule has 2 amide bonds. The number of amides is 2. The van der Waals surface area contributed by atoms with Crippen LogP contribution in [0.25, 0.3) is 0 Å². The van der Waals surface area contributed by atoms with Crippen LogP contribution in [0.3, 0.4) is 0 Å². The minimum absolute atomic E-state index is 0.158. The number of rotatable bonds is 13. The molecule has 1 atom stereocenters. The van der Waals surface area contributed by atoms with E-state index in [2.05, 4.69) is 5.32 Å². The van der Waals surface area contributed by atoms with E-state index >= 15 is 0 Å². The Morgan fingerprint density at radius 3 is 2.22 bits per heavy atom. The zero-order chi connectivity index (χ0) is 26.9. The molecule has 0 radical (unpaired) electrons. The number of hydrogen-bond acceptors (Lipinski definition) is 6. The molecular weight excluding hydrogens is 482 g/mol. The summed E-state index contributed by atoms with van der Waals surface area (Å²) in [5.41, 5.74) is 2.15. The topological polar surface area (TPSA) is 105 Å². The SMILES string of the molecule is CCCCNC(=O)[C@H](C)N(Cc1ccc(C)cc1)C(=O)CN(c1ccc(OC)c(OC)c1)S(C)(=O)=O. The van der Waals surface area contributed by atoms with Crippen molar-refractivity contribution in [1.29, 1.82) is 0 Å². The van der Waals surface area contributed by atoms with E-state index in [4.69, 9.17) is 9.47 Å². The number of aryl methyl sites for hydroxylation is 1. The van der Waals surface area contributed by atoms with Gasteiger partial charge in [0.05, 0.1) is 26.2 Å². The Morgan fingerprint density at radius 1 is 1.03 bits per heavy atom. The summed E-state index contributed by atoms with van der Waals surface area (Å²) in [5, 5.41) is 2.86. The maximum absolute atomic E-state index is 13.6. The molecule has 0 aliphatic rings. The van der Waals surface area contributed by atoms with Gasteiger partial charge in [-0.25, -0.2) is 8.42 Å². The average molecular weight is 520 g/mol.